The quantitative estimate of drug-likeness (QED) is 0.466. The Labute approximate surface area is 174 Å². The maximum absolute atomic E-state index is 13.2. The maximum atomic E-state index is 13.2. The van der Waals surface area contributed by atoms with E-state index in [-0.39, 0.29) is 35.1 Å². The number of primary amides is 1. The molecule has 0 bridgehead atoms. The third-order valence-corrected chi connectivity index (χ3v) is 3.94. The minimum atomic E-state index is -4.55. The molecule has 2 heterocycles. The summed E-state index contributed by atoms with van der Waals surface area (Å²) in [5.41, 5.74) is 16.6. The van der Waals surface area contributed by atoms with Gasteiger partial charge in [-0.3, -0.25) is 4.79 Å². The SMILES string of the molecule is NC(=O)CNc1nc(N)c(C#Cc2ccc(N)nc2)c(-c2cccc(C(F)(F)F)c2)n1. The number of hydrogen-bond acceptors (Lipinski definition) is 7. The van der Waals surface area contributed by atoms with E-state index in [9.17, 15) is 18.0 Å². The van der Waals surface area contributed by atoms with E-state index in [1.54, 1.807) is 12.1 Å². The summed E-state index contributed by atoms with van der Waals surface area (Å²) in [5, 5.41) is 2.58. The maximum Gasteiger partial charge on any atom is 0.416 e. The van der Waals surface area contributed by atoms with Crippen molar-refractivity contribution < 1.29 is 18.0 Å². The first-order valence-electron chi connectivity index (χ1n) is 8.74. The second-order valence-electron chi connectivity index (χ2n) is 6.28. The van der Waals surface area contributed by atoms with Crippen molar-refractivity contribution in [1.82, 2.24) is 15.0 Å². The molecule has 3 rings (SSSR count). The number of benzene rings is 1. The van der Waals surface area contributed by atoms with Crippen molar-refractivity contribution in [3.05, 3.63) is 59.3 Å². The molecule has 8 nitrogen and oxygen atoms in total. The van der Waals surface area contributed by atoms with Crippen LogP contribution in [-0.4, -0.2) is 27.4 Å². The summed E-state index contributed by atoms with van der Waals surface area (Å²) in [6.07, 6.45) is -3.12. The van der Waals surface area contributed by atoms with Crippen molar-refractivity contribution in [3.63, 3.8) is 0 Å². The summed E-state index contributed by atoms with van der Waals surface area (Å²) < 4.78 is 39.6. The molecule has 2 aromatic heterocycles. The standard InChI is InChI=1S/C20H16F3N7O/c21-20(22,23)13-3-1-2-12(8-13)17-14(6-4-11-5-7-15(24)27-9-11)18(26)30-19(29-17)28-10-16(25)31/h1-3,5,7-9H,10H2,(H2,24,27)(H2,25,31)(H3,26,28,29,30). The normalized spacial score (nSPS) is 10.8. The van der Waals surface area contributed by atoms with Crippen LogP contribution in [0.1, 0.15) is 16.7 Å². The van der Waals surface area contributed by atoms with Gasteiger partial charge in [-0.25, -0.2) is 9.97 Å². The van der Waals surface area contributed by atoms with Gasteiger partial charge >= 0.3 is 6.18 Å². The lowest BCUT2D eigenvalue weighted by Gasteiger charge is -2.12. The van der Waals surface area contributed by atoms with Gasteiger partial charge in [-0.1, -0.05) is 24.0 Å². The molecule has 1 amide bonds. The van der Waals surface area contributed by atoms with Gasteiger partial charge in [0, 0.05) is 17.3 Å². The monoisotopic (exact) mass is 427 g/mol. The molecule has 0 aliphatic heterocycles. The number of pyridine rings is 1. The molecule has 11 heteroatoms. The third kappa shape index (κ3) is 5.39. The molecule has 31 heavy (non-hydrogen) atoms. The van der Waals surface area contributed by atoms with Gasteiger partial charge in [0.25, 0.3) is 0 Å². The zero-order chi connectivity index (χ0) is 22.6. The van der Waals surface area contributed by atoms with Crippen LogP contribution in [-0.2, 0) is 11.0 Å². The van der Waals surface area contributed by atoms with Crippen LogP contribution in [0.4, 0.5) is 30.8 Å². The number of nitrogens with two attached hydrogens (primary N) is 3. The number of carbonyl (C=O) groups excluding carboxylic acids is 1. The highest BCUT2D eigenvalue weighted by molar-refractivity contribution is 5.79. The molecule has 0 saturated heterocycles. The van der Waals surface area contributed by atoms with Crippen LogP contribution in [0, 0.1) is 11.8 Å². The predicted molar refractivity (Wildman–Crippen MR) is 109 cm³/mol. The molecule has 0 fully saturated rings. The summed E-state index contributed by atoms with van der Waals surface area (Å²) >= 11 is 0. The highest BCUT2D eigenvalue weighted by Gasteiger charge is 2.30. The second kappa shape index (κ2) is 8.58. The van der Waals surface area contributed by atoms with E-state index in [0.717, 1.165) is 12.1 Å². The largest absolute Gasteiger partial charge is 0.416 e. The first-order valence-corrected chi connectivity index (χ1v) is 8.74. The molecule has 0 spiro atoms. The molecular formula is C20H16F3N7O. The Hall–Kier alpha value is -4.33. The average Bonchev–Trinajstić information content (AvgIpc) is 2.72. The topological polar surface area (TPSA) is 146 Å². The van der Waals surface area contributed by atoms with E-state index in [2.05, 4.69) is 32.1 Å². The van der Waals surface area contributed by atoms with Gasteiger partial charge in [0.1, 0.15) is 11.6 Å². The Morgan fingerprint density at radius 3 is 2.52 bits per heavy atom. The zero-order valence-electron chi connectivity index (χ0n) is 15.9. The summed E-state index contributed by atoms with van der Waals surface area (Å²) in [4.78, 5) is 23.2. The lowest BCUT2D eigenvalue weighted by atomic mass is 10.0. The van der Waals surface area contributed by atoms with Crippen LogP contribution in [0.15, 0.2) is 42.6 Å². The lowest BCUT2D eigenvalue weighted by Crippen LogP contribution is -2.23. The molecule has 0 radical (unpaired) electrons. The summed E-state index contributed by atoms with van der Waals surface area (Å²) in [6.45, 7) is -0.288. The molecule has 0 aliphatic rings. The first kappa shape index (κ1) is 21.4. The minimum Gasteiger partial charge on any atom is -0.384 e. The van der Waals surface area contributed by atoms with E-state index in [1.165, 1.54) is 18.3 Å². The third-order valence-electron chi connectivity index (χ3n) is 3.94. The van der Waals surface area contributed by atoms with E-state index in [0.29, 0.717) is 11.4 Å². The molecule has 0 unspecified atom stereocenters. The molecule has 0 aliphatic carbocycles. The van der Waals surface area contributed by atoms with Crippen LogP contribution in [0.2, 0.25) is 0 Å². The van der Waals surface area contributed by atoms with Gasteiger partial charge in [-0.15, -0.1) is 0 Å². The van der Waals surface area contributed by atoms with Crippen LogP contribution >= 0.6 is 0 Å². The van der Waals surface area contributed by atoms with Gasteiger partial charge < -0.3 is 22.5 Å². The lowest BCUT2D eigenvalue weighted by molar-refractivity contribution is -0.137. The average molecular weight is 427 g/mol. The molecule has 0 saturated carbocycles. The van der Waals surface area contributed by atoms with E-state index in [4.69, 9.17) is 17.2 Å². The number of anilines is 3. The first-order chi connectivity index (χ1) is 14.6. The van der Waals surface area contributed by atoms with Crippen molar-refractivity contribution in [3.8, 4) is 23.1 Å². The number of nitrogens with zero attached hydrogens (tertiary/aromatic N) is 3. The fourth-order valence-corrected chi connectivity index (χ4v) is 2.51. The number of rotatable bonds is 4. The Bertz CT molecular complexity index is 1180. The van der Waals surface area contributed by atoms with Gasteiger partial charge in [0.15, 0.2) is 0 Å². The highest BCUT2D eigenvalue weighted by Crippen LogP contribution is 2.33. The van der Waals surface area contributed by atoms with E-state index in [1.807, 2.05) is 0 Å². The molecule has 1 aromatic carbocycles. The summed E-state index contributed by atoms with van der Waals surface area (Å²) in [6, 6.07) is 7.72. The number of amides is 1. The van der Waals surface area contributed by atoms with Crippen LogP contribution < -0.4 is 22.5 Å². The summed E-state index contributed by atoms with van der Waals surface area (Å²) in [7, 11) is 0. The second-order valence-corrected chi connectivity index (χ2v) is 6.28. The van der Waals surface area contributed by atoms with Crippen molar-refractivity contribution >= 4 is 23.5 Å². The molecule has 3 aromatic rings. The van der Waals surface area contributed by atoms with Crippen LogP contribution in [0.25, 0.3) is 11.3 Å². The van der Waals surface area contributed by atoms with Crippen LogP contribution in [0.3, 0.4) is 0 Å². The van der Waals surface area contributed by atoms with Gasteiger partial charge in [0.05, 0.1) is 23.4 Å². The fourth-order valence-electron chi connectivity index (χ4n) is 2.51. The molecule has 7 N–H and O–H groups in total. The minimum absolute atomic E-state index is 0.0569. The Morgan fingerprint density at radius 2 is 1.87 bits per heavy atom. The van der Waals surface area contributed by atoms with Crippen molar-refractivity contribution in [2.75, 3.05) is 23.3 Å². The highest BCUT2D eigenvalue weighted by atomic mass is 19.4. The van der Waals surface area contributed by atoms with Crippen molar-refractivity contribution in [2.24, 2.45) is 5.73 Å². The number of alkyl halides is 3. The predicted octanol–water partition coefficient (Wildman–Crippen LogP) is 2.02. The van der Waals surface area contributed by atoms with E-state index < -0.39 is 17.6 Å². The zero-order valence-corrected chi connectivity index (χ0v) is 15.9. The fraction of sp³-hybridized carbons (Fsp3) is 0.100. The van der Waals surface area contributed by atoms with Crippen LogP contribution in [0.5, 0.6) is 0 Å². The Balaban J connectivity index is 2.14. The van der Waals surface area contributed by atoms with Crippen molar-refractivity contribution in [1.29, 1.82) is 0 Å². The van der Waals surface area contributed by atoms with E-state index >= 15 is 0 Å². The van der Waals surface area contributed by atoms with Crippen molar-refractivity contribution in [2.45, 2.75) is 6.18 Å². The molecule has 0 atom stereocenters. The smallest absolute Gasteiger partial charge is 0.384 e. The Kier molecular flexibility index (Phi) is 5.92. The van der Waals surface area contributed by atoms with Gasteiger partial charge in [-0.2, -0.15) is 18.2 Å². The summed E-state index contributed by atoms with van der Waals surface area (Å²) in [5.74, 6) is 5.05. The number of nitrogens with one attached hydrogen (secondary N) is 1. The number of aromatic nitrogens is 3. The molecular weight excluding hydrogens is 411 g/mol. The number of hydrogen-bond donors (Lipinski definition) is 4. The Morgan fingerprint density at radius 1 is 1.10 bits per heavy atom. The number of nitrogen functional groups attached to an aromatic ring is 2. The number of carbonyl (C=O) groups is 1. The van der Waals surface area contributed by atoms with Gasteiger partial charge in [-0.05, 0) is 24.3 Å². The number of halogens is 3. The molecule has 158 valence electrons. The van der Waals surface area contributed by atoms with Gasteiger partial charge in [0.2, 0.25) is 11.9 Å².